The molecule has 0 aromatic carbocycles. The summed E-state index contributed by atoms with van der Waals surface area (Å²) in [5.41, 5.74) is 0. The molecule has 0 rings (SSSR count). The van der Waals surface area contributed by atoms with E-state index in [0.29, 0.717) is 0 Å². The molecule has 0 aliphatic heterocycles. The predicted molar refractivity (Wildman–Crippen MR) is 101 cm³/mol. The first-order chi connectivity index (χ1) is 9.62. The van der Waals surface area contributed by atoms with Crippen LogP contribution in [0.15, 0.2) is 0 Å². The van der Waals surface area contributed by atoms with Gasteiger partial charge in [0.25, 0.3) is 0 Å². The number of alkyl halides is 2. The Morgan fingerprint density at radius 2 is 1.05 bits per heavy atom. The third-order valence-electron chi connectivity index (χ3n) is 3.94. The van der Waals surface area contributed by atoms with Gasteiger partial charge in [-0.25, -0.2) is 0 Å². The van der Waals surface area contributed by atoms with Crippen molar-refractivity contribution >= 4 is 31.9 Å². The maximum Gasteiger partial charge on any atom is 0.0805 e. The van der Waals surface area contributed by atoms with Crippen molar-refractivity contribution < 1.29 is 0 Å². The normalized spacial score (nSPS) is 12.0. The van der Waals surface area contributed by atoms with Crippen LogP contribution in [0.5, 0.6) is 0 Å². The molecular weight excluding hydrogens is 376 g/mol. The molecule has 1 radical (unpaired) electrons. The molecule has 0 heterocycles. The molecule has 0 nitrogen and oxygen atoms in total. The lowest BCUT2D eigenvalue weighted by atomic mass is 10.0. The molecule has 0 aliphatic carbocycles. The van der Waals surface area contributed by atoms with Crippen molar-refractivity contribution in [3.8, 4) is 0 Å². The summed E-state index contributed by atoms with van der Waals surface area (Å²) in [6.07, 6.45) is 20.4. The third-order valence-corrected chi connectivity index (χ3v) is 5.52. The van der Waals surface area contributed by atoms with E-state index < -0.39 is 0 Å². The van der Waals surface area contributed by atoms with Gasteiger partial charge in [0.1, 0.15) is 0 Å². The molecule has 0 saturated carbocycles. The van der Waals surface area contributed by atoms with Gasteiger partial charge in [0.2, 0.25) is 0 Å². The van der Waals surface area contributed by atoms with Gasteiger partial charge in [0.05, 0.1) is 3.23 Å². The van der Waals surface area contributed by atoms with E-state index in [1.54, 1.807) is 0 Å². The lowest BCUT2D eigenvalue weighted by molar-refractivity contribution is 0.532. The van der Waals surface area contributed by atoms with Crippen LogP contribution in [0, 0.1) is 6.92 Å². The van der Waals surface area contributed by atoms with Gasteiger partial charge in [-0.1, -0.05) is 129 Å². The average Bonchev–Trinajstić information content (AvgIpc) is 2.40. The maximum atomic E-state index is 3.92. The topological polar surface area (TPSA) is 0 Å². The summed E-state index contributed by atoms with van der Waals surface area (Å²) < 4.78 is 0.153. The largest absolute Gasteiger partial charge is 0.0805 e. The van der Waals surface area contributed by atoms with E-state index >= 15 is 0 Å². The zero-order valence-electron chi connectivity index (χ0n) is 13.6. The molecule has 2 heteroatoms. The van der Waals surface area contributed by atoms with Crippen LogP contribution in [0.1, 0.15) is 103 Å². The average molecular weight is 411 g/mol. The minimum atomic E-state index is 0.153. The van der Waals surface area contributed by atoms with Crippen molar-refractivity contribution in [2.75, 3.05) is 0 Å². The lowest BCUT2D eigenvalue weighted by Crippen LogP contribution is -2.09. The fraction of sp³-hybridized carbons (Fsp3) is 0.944. The van der Waals surface area contributed by atoms with Gasteiger partial charge >= 0.3 is 0 Å². The number of halogens is 2. The highest BCUT2D eigenvalue weighted by Crippen LogP contribution is 2.36. The van der Waals surface area contributed by atoms with E-state index in [1.807, 2.05) is 0 Å². The van der Waals surface area contributed by atoms with Crippen molar-refractivity contribution in [1.29, 1.82) is 0 Å². The van der Waals surface area contributed by atoms with Gasteiger partial charge in [-0.2, -0.15) is 0 Å². The molecule has 0 aliphatic rings. The number of hydrogen-bond acceptors (Lipinski definition) is 0. The van der Waals surface area contributed by atoms with E-state index in [-0.39, 0.29) is 3.23 Å². The summed E-state index contributed by atoms with van der Waals surface area (Å²) in [5.74, 6) is 0. The summed E-state index contributed by atoms with van der Waals surface area (Å²) in [7, 11) is 0. The van der Waals surface area contributed by atoms with Gasteiger partial charge in [-0.3, -0.25) is 0 Å². The molecule has 0 aromatic heterocycles. The zero-order chi connectivity index (χ0) is 15.1. The molecule has 0 bridgehead atoms. The minimum Gasteiger partial charge on any atom is -0.0727 e. The van der Waals surface area contributed by atoms with Gasteiger partial charge in [-0.05, 0) is 12.8 Å². The zero-order valence-corrected chi connectivity index (χ0v) is 16.7. The second kappa shape index (κ2) is 14.9. The second-order valence-corrected chi connectivity index (χ2v) is 10.2. The Balaban J connectivity index is 3.13. The van der Waals surface area contributed by atoms with Crippen molar-refractivity contribution in [2.45, 2.75) is 106 Å². The van der Waals surface area contributed by atoms with Crippen LogP contribution in [0.3, 0.4) is 0 Å². The Bertz CT molecular complexity index is 190. The van der Waals surface area contributed by atoms with Gasteiger partial charge in [-0.15, -0.1) is 0 Å². The summed E-state index contributed by atoms with van der Waals surface area (Å²) in [5, 5.41) is 0. The number of rotatable bonds is 15. The highest BCUT2D eigenvalue weighted by Gasteiger charge is 2.20. The first-order valence-corrected chi connectivity index (χ1v) is 10.4. The quantitative estimate of drug-likeness (QED) is 0.188. The first kappa shape index (κ1) is 21.0. The predicted octanol–water partition coefficient (Wildman–Crippen LogP) is 8.18. The van der Waals surface area contributed by atoms with E-state index in [4.69, 9.17) is 0 Å². The van der Waals surface area contributed by atoms with Crippen molar-refractivity contribution in [2.24, 2.45) is 0 Å². The molecule has 121 valence electrons. The van der Waals surface area contributed by atoms with E-state index in [2.05, 4.69) is 45.7 Å². The van der Waals surface area contributed by atoms with Gasteiger partial charge in [0.15, 0.2) is 0 Å². The molecule has 0 fully saturated rings. The van der Waals surface area contributed by atoms with Gasteiger partial charge in [0, 0.05) is 0 Å². The summed E-state index contributed by atoms with van der Waals surface area (Å²) in [4.78, 5) is 0. The standard InChI is InChI=1S/C18H35Br2/c1-3-5-6-7-8-9-10-11-12-13-14-15-17-18(19,20)16-4-2/h2-17H2,1H3. The van der Waals surface area contributed by atoms with E-state index in [0.717, 1.165) is 12.8 Å². The molecular formula is C18H35Br2. The number of hydrogen-bond donors (Lipinski definition) is 0. The van der Waals surface area contributed by atoms with Crippen LogP contribution in [0.25, 0.3) is 0 Å². The van der Waals surface area contributed by atoms with Crippen molar-refractivity contribution in [1.82, 2.24) is 0 Å². The first-order valence-electron chi connectivity index (χ1n) is 8.79. The van der Waals surface area contributed by atoms with Crippen LogP contribution in [-0.4, -0.2) is 3.23 Å². The van der Waals surface area contributed by atoms with E-state index in [9.17, 15) is 0 Å². The van der Waals surface area contributed by atoms with E-state index in [1.165, 1.54) is 83.5 Å². The molecule has 0 N–H and O–H groups in total. The Kier molecular flexibility index (Phi) is 15.6. The summed E-state index contributed by atoms with van der Waals surface area (Å²) >= 11 is 7.50. The highest BCUT2D eigenvalue weighted by atomic mass is 79.9. The molecule has 20 heavy (non-hydrogen) atoms. The second-order valence-electron chi connectivity index (χ2n) is 6.10. The van der Waals surface area contributed by atoms with Crippen LogP contribution >= 0.6 is 31.9 Å². The van der Waals surface area contributed by atoms with Crippen molar-refractivity contribution in [3.63, 3.8) is 0 Å². The summed E-state index contributed by atoms with van der Waals surface area (Å²) in [6, 6.07) is 0. The molecule has 0 atom stereocenters. The highest BCUT2D eigenvalue weighted by molar-refractivity contribution is 9.25. The van der Waals surface area contributed by atoms with Gasteiger partial charge < -0.3 is 0 Å². The Morgan fingerprint density at radius 1 is 0.650 bits per heavy atom. The molecule has 0 unspecified atom stereocenters. The maximum absolute atomic E-state index is 3.92. The third kappa shape index (κ3) is 15.4. The SMILES string of the molecule is [CH2]CCC(Br)(Br)CCCCCCCCCCCCCC. The fourth-order valence-electron chi connectivity index (χ4n) is 2.61. The minimum absolute atomic E-state index is 0.153. The Hall–Kier alpha value is 0.960. The van der Waals surface area contributed by atoms with Crippen LogP contribution in [-0.2, 0) is 0 Å². The summed E-state index contributed by atoms with van der Waals surface area (Å²) in [6.45, 7) is 6.21. The van der Waals surface area contributed by atoms with Crippen LogP contribution in [0.4, 0.5) is 0 Å². The Morgan fingerprint density at radius 3 is 1.45 bits per heavy atom. The fourth-order valence-corrected chi connectivity index (χ4v) is 3.73. The lowest BCUT2D eigenvalue weighted by Gasteiger charge is -2.19. The molecule has 0 spiro atoms. The molecule has 0 saturated heterocycles. The smallest absolute Gasteiger partial charge is 0.0727 e. The number of unbranched alkanes of at least 4 members (excludes halogenated alkanes) is 11. The van der Waals surface area contributed by atoms with Crippen LogP contribution < -0.4 is 0 Å². The monoisotopic (exact) mass is 409 g/mol. The molecule has 0 aromatic rings. The Labute approximate surface area is 145 Å². The van der Waals surface area contributed by atoms with Crippen LogP contribution in [0.2, 0.25) is 0 Å². The molecule has 0 amide bonds. The van der Waals surface area contributed by atoms with Crippen molar-refractivity contribution in [3.05, 3.63) is 6.92 Å².